The molecule has 0 aromatic rings. The number of ether oxygens (including phenoxy) is 2. The molecule has 0 fully saturated rings. The first-order valence-corrected chi connectivity index (χ1v) is 6.29. The highest BCUT2D eigenvalue weighted by molar-refractivity contribution is 5.86. The van der Waals surface area contributed by atoms with E-state index < -0.39 is 24.0 Å². The smallest absolute Gasteiger partial charge is 0.326 e. The van der Waals surface area contributed by atoms with E-state index >= 15 is 0 Å². The largest absolute Gasteiger partial charge is 0.480 e. The Kier molecular flexibility index (Phi) is 10.1. The number of aliphatic carboxylic acids is 1. The van der Waals surface area contributed by atoms with E-state index in [1.807, 2.05) is 0 Å². The lowest BCUT2D eigenvalue weighted by Gasteiger charge is -2.17. The van der Waals surface area contributed by atoms with E-state index in [1.165, 1.54) is 0 Å². The first-order chi connectivity index (χ1) is 9.02. The summed E-state index contributed by atoms with van der Waals surface area (Å²) in [7, 11) is 3.11. The standard InChI is InChI=1S/C12H24N2O5/c1-18-7-3-5-9(13)11(15)14-10(12(16)17)6-4-8-19-2/h9-10H,3-8,13H2,1-2H3,(H,14,15)(H,16,17). The second-order valence-electron chi connectivity index (χ2n) is 4.28. The Morgan fingerprint density at radius 1 is 1.16 bits per heavy atom. The predicted molar refractivity (Wildman–Crippen MR) is 69.8 cm³/mol. The predicted octanol–water partition coefficient (Wildman–Crippen LogP) is -0.264. The maximum absolute atomic E-state index is 11.7. The van der Waals surface area contributed by atoms with Crippen molar-refractivity contribution in [3.05, 3.63) is 0 Å². The number of nitrogens with one attached hydrogen (secondary N) is 1. The average Bonchev–Trinajstić information content (AvgIpc) is 2.37. The van der Waals surface area contributed by atoms with Crippen LogP contribution in [0.5, 0.6) is 0 Å². The van der Waals surface area contributed by atoms with Crippen LogP contribution in [0.15, 0.2) is 0 Å². The zero-order valence-electron chi connectivity index (χ0n) is 11.6. The second kappa shape index (κ2) is 10.7. The number of nitrogens with two attached hydrogens (primary N) is 1. The summed E-state index contributed by atoms with van der Waals surface area (Å²) in [6, 6.07) is -1.63. The zero-order chi connectivity index (χ0) is 14.7. The lowest BCUT2D eigenvalue weighted by atomic mass is 10.1. The van der Waals surface area contributed by atoms with Crippen LogP contribution in [0, 0.1) is 0 Å². The molecule has 19 heavy (non-hydrogen) atoms. The highest BCUT2D eigenvalue weighted by Gasteiger charge is 2.22. The molecule has 112 valence electrons. The number of carboxylic acid groups (broad SMARTS) is 1. The van der Waals surface area contributed by atoms with Gasteiger partial charge in [-0.3, -0.25) is 4.79 Å². The molecule has 2 atom stereocenters. The molecule has 1 amide bonds. The van der Waals surface area contributed by atoms with Crippen LogP contribution in [0.2, 0.25) is 0 Å². The normalized spacial score (nSPS) is 13.8. The van der Waals surface area contributed by atoms with Crippen molar-refractivity contribution in [3.63, 3.8) is 0 Å². The van der Waals surface area contributed by atoms with Gasteiger partial charge in [0, 0.05) is 27.4 Å². The molecule has 0 radical (unpaired) electrons. The Labute approximate surface area is 113 Å². The van der Waals surface area contributed by atoms with Crippen LogP contribution in [0.3, 0.4) is 0 Å². The second-order valence-corrected chi connectivity index (χ2v) is 4.28. The van der Waals surface area contributed by atoms with E-state index in [2.05, 4.69) is 5.32 Å². The number of hydrogen-bond acceptors (Lipinski definition) is 5. The maximum Gasteiger partial charge on any atom is 0.326 e. The minimum absolute atomic E-state index is 0.319. The molecule has 7 heteroatoms. The van der Waals surface area contributed by atoms with Crippen molar-refractivity contribution in [1.29, 1.82) is 0 Å². The topological polar surface area (TPSA) is 111 Å². The molecule has 0 spiro atoms. The van der Waals surface area contributed by atoms with E-state index in [4.69, 9.17) is 20.3 Å². The number of amides is 1. The van der Waals surface area contributed by atoms with Gasteiger partial charge in [-0.1, -0.05) is 0 Å². The van der Waals surface area contributed by atoms with Gasteiger partial charge in [-0.05, 0) is 25.7 Å². The first-order valence-electron chi connectivity index (χ1n) is 6.29. The Morgan fingerprint density at radius 3 is 2.16 bits per heavy atom. The molecule has 0 aromatic heterocycles. The average molecular weight is 276 g/mol. The van der Waals surface area contributed by atoms with Crippen molar-refractivity contribution >= 4 is 11.9 Å². The lowest BCUT2D eigenvalue weighted by Crippen LogP contribution is -2.48. The van der Waals surface area contributed by atoms with E-state index in [9.17, 15) is 9.59 Å². The van der Waals surface area contributed by atoms with Gasteiger partial charge >= 0.3 is 5.97 Å². The fraction of sp³-hybridized carbons (Fsp3) is 0.833. The Morgan fingerprint density at radius 2 is 1.68 bits per heavy atom. The van der Waals surface area contributed by atoms with Crippen LogP contribution >= 0.6 is 0 Å². The van der Waals surface area contributed by atoms with Crippen LogP contribution in [-0.4, -0.2) is 56.5 Å². The monoisotopic (exact) mass is 276 g/mol. The maximum atomic E-state index is 11.7. The van der Waals surface area contributed by atoms with Gasteiger partial charge in [0.15, 0.2) is 0 Å². The van der Waals surface area contributed by atoms with Crippen molar-refractivity contribution in [2.45, 2.75) is 37.8 Å². The van der Waals surface area contributed by atoms with Crippen LogP contribution in [-0.2, 0) is 19.1 Å². The molecule has 0 heterocycles. The number of rotatable bonds is 11. The van der Waals surface area contributed by atoms with Gasteiger partial charge in [0.25, 0.3) is 0 Å². The van der Waals surface area contributed by atoms with Crippen molar-refractivity contribution in [1.82, 2.24) is 5.32 Å². The fourth-order valence-electron chi connectivity index (χ4n) is 1.55. The van der Waals surface area contributed by atoms with E-state index in [1.54, 1.807) is 14.2 Å². The minimum atomic E-state index is -1.06. The Hall–Kier alpha value is -1.18. The molecule has 0 aliphatic heterocycles. The molecule has 7 nitrogen and oxygen atoms in total. The van der Waals surface area contributed by atoms with E-state index in [-0.39, 0.29) is 0 Å². The highest BCUT2D eigenvalue weighted by Crippen LogP contribution is 2.01. The quantitative estimate of drug-likeness (QED) is 0.448. The molecule has 0 aliphatic carbocycles. The summed E-state index contributed by atoms with van der Waals surface area (Å²) < 4.78 is 9.71. The lowest BCUT2D eigenvalue weighted by molar-refractivity contribution is -0.142. The van der Waals surface area contributed by atoms with Gasteiger partial charge in [-0.15, -0.1) is 0 Å². The van der Waals surface area contributed by atoms with Crippen LogP contribution in [0.4, 0.5) is 0 Å². The summed E-state index contributed by atoms with van der Waals surface area (Å²) in [5.74, 6) is -1.51. The van der Waals surface area contributed by atoms with Crippen molar-refractivity contribution in [3.8, 4) is 0 Å². The molecule has 0 saturated carbocycles. The number of carboxylic acids is 1. The van der Waals surface area contributed by atoms with E-state index in [0.717, 1.165) is 0 Å². The third-order valence-electron chi connectivity index (χ3n) is 2.66. The minimum Gasteiger partial charge on any atom is -0.480 e. The van der Waals surface area contributed by atoms with Crippen molar-refractivity contribution < 1.29 is 24.2 Å². The van der Waals surface area contributed by atoms with E-state index in [0.29, 0.717) is 38.9 Å². The molecule has 0 bridgehead atoms. The number of carbonyl (C=O) groups excluding carboxylic acids is 1. The van der Waals surface area contributed by atoms with Gasteiger partial charge in [0.05, 0.1) is 6.04 Å². The van der Waals surface area contributed by atoms with Gasteiger partial charge in [0.2, 0.25) is 5.91 Å². The third kappa shape index (κ3) is 8.52. The summed E-state index contributed by atoms with van der Waals surface area (Å²) in [6.45, 7) is 0.983. The molecule has 4 N–H and O–H groups in total. The number of carbonyl (C=O) groups is 2. The summed E-state index contributed by atoms with van der Waals surface area (Å²) in [5.41, 5.74) is 5.68. The molecule has 2 unspecified atom stereocenters. The summed E-state index contributed by atoms with van der Waals surface area (Å²) >= 11 is 0. The number of methoxy groups -OCH3 is 2. The number of hydrogen-bond donors (Lipinski definition) is 3. The third-order valence-corrected chi connectivity index (χ3v) is 2.66. The molecule has 0 aliphatic rings. The molecule has 0 rings (SSSR count). The van der Waals surface area contributed by atoms with Gasteiger partial charge in [-0.2, -0.15) is 0 Å². The SMILES string of the molecule is COCCCC(N)C(=O)NC(CCCOC)C(=O)O. The van der Waals surface area contributed by atoms with Crippen LogP contribution in [0.1, 0.15) is 25.7 Å². The van der Waals surface area contributed by atoms with Crippen molar-refractivity contribution in [2.24, 2.45) is 5.73 Å². The van der Waals surface area contributed by atoms with Crippen LogP contribution in [0.25, 0.3) is 0 Å². The highest BCUT2D eigenvalue weighted by atomic mass is 16.5. The Bertz CT molecular complexity index is 273. The van der Waals surface area contributed by atoms with Crippen molar-refractivity contribution in [2.75, 3.05) is 27.4 Å². The Balaban J connectivity index is 4.11. The van der Waals surface area contributed by atoms with Gasteiger partial charge in [0.1, 0.15) is 6.04 Å². The zero-order valence-corrected chi connectivity index (χ0v) is 11.6. The molecule has 0 aromatic carbocycles. The molecule has 0 saturated heterocycles. The van der Waals surface area contributed by atoms with Gasteiger partial charge in [-0.25, -0.2) is 4.79 Å². The summed E-state index contributed by atoms with van der Waals surface area (Å²) in [6.07, 6.45) is 2.00. The molecular weight excluding hydrogens is 252 g/mol. The van der Waals surface area contributed by atoms with Gasteiger partial charge < -0.3 is 25.6 Å². The molecular formula is C12H24N2O5. The first kappa shape index (κ1) is 17.8. The fourth-order valence-corrected chi connectivity index (χ4v) is 1.55. The summed E-state index contributed by atoms with van der Waals surface area (Å²) in [4.78, 5) is 22.7. The van der Waals surface area contributed by atoms with Crippen LogP contribution < -0.4 is 11.1 Å². The summed E-state index contributed by atoms with van der Waals surface area (Å²) in [5, 5.41) is 11.4.